The third kappa shape index (κ3) is 5.27. The number of nitrogens with one attached hydrogen (secondary N) is 1. The quantitative estimate of drug-likeness (QED) is 0.787. The Labute approximate surface area is 119 Å². The number of rotatable bonds is 7. The Morgan fingerprint density at radius 2 is 2.11 bits per heavy atom. The highest BCUT2D eigenvalue weighted by Gasteiger charge is 2.22. The van der Waals surface area contributed by atoms with E-state index >= 15 is 0 Å². The molecule has 1 rings (SSSR count). The predicted octanol–water partition coefficient (Wildman–Crippen LogP) is 4.24. The maximum absolute atomic E-state index is 9.49. The van der Waals surface area contributed by atoms with Crippen molar-refractivity contribution in [3.05, 3.63) is 21.3 Å². The summed E-state index contributed by atoms with van der Waals surface area (Å²) in [4.78, 5) is 1.29. The average Bonchev–Trinajstić information content (AvgIpc) is 2.63. The number of aliphatic hydroxyl groups excluding tert-OH is 1. The highest BCUT2D eigenvalue weighted by Crippen LogP contribution is 2.30. The Kier molecular flexibility index (Phi) is 6.12. The van der Waals surface area contributed by atoms with Gasteiger partial charge in [0, 0.05) is 17.5 Å². The molecule has 1 aromatic rings. The van der Waals surface area contributed by atoms with E-state index in [-0.39, 0.29) is 11.5 Å². The summed E-state index contributed by atoms with van der Waals surface area (Å²) >= 11 is 7.62. The summed E-state index contributed by atoms with van der Waals surface area (Å²) in [7, 11) is 0. The van der Waals surface area contributed by atoms with Crippen LogP contribution in [0.2, 0.25) is 4.34 Å². The second kappa shape index (κ2) is 6.90. The molecule has 0 saturated carbocycles. The molecule has 2 N–H and O–H groups in total. The summed E-state index contributed by atoms with van der Waals surface area (Å²) in [6.45, 7) is 9.28. The number of hydrogen-bond donors (Lipinski definition) is 2. The van der Waals surface area contributed by atoms with Gasteiger partial charge in [0.25, 0.3) is 0 Å². The molecule has 1 aromatic heterocycles. The molecule has 0 aromatic carbocycles. The Morgan fingerprint density at radius 3 is 2.56 bits per heavy atom. The Balaban J connectivity index is 2.54. The molecule has 4 heteroatoms. The smallest absolute Gasteiger partial charge is 0.0931 e. The fraction of sp³-hybridized carbons (Fsp3) is 0.714. The molecule has 1 heterocycles. The van der Waals surface area contributed by atoms with Gasteiger partial charge in [0.2, 0.25) is 0 Å². The van der Waals surface area contributed by atoms with Gasteiger partial charge in [-0.1, -0.05) is 32.4 Å². The van der Waals surface area contributed by atoms with Gasteiger partial charge in [0.15, 0.2) is 0 Å². The van der Waals surface area contributed by atoms with Crippen LogP contribution in [0, 0.1) is 5.41 Å². The van der Waals surface area contributed by atoms with Crippen LogP contribution in [-0.4, -0.2) is 17.8 Å². The van der Waals surface area contributed by atoms with Crippen LogP contribution in [0.15, 0.2) is 12.1 Å². The normalized spacial score (nSPS) is 15.7. The fourth-order valence-corrected chi connectivity index (χ4v) is 3.45. The number of thiophene rings is 1. The number of hydrogen-bond acceptors (Lipinski definition) is 3. The van der Waals surface area contributed by atoms with Gasteiger partial charge in [-0.3, -0.25) is 0 Å². The topological polar surface area (TPSA) is 32.3 Å². The molecule has 18 heavy (non-hydrogen) atoms. The van der Waals surface area contributed by atoms with Crippen LogP contribution < -0.4 is 5.32 Å². The lowest BCUT2D eigenvalue weighted by atomic mass is 9.86. The molecule has 0 bridgehead atoms. The van der Waals surface area contributed by atoms with E-state index in [0.29, 0.717) is 6.04 Å². The van der Waals surface area contributed by atoms with Gasteiger partial charge in [-0.05, 0) is 37.3 Å². The molecule has 2 unspecified atom stereocenters. The van der Waals surface area contributed by atoms with Crippen molar-refractivity contribution in [2.75, 3.05) is 6.54 Å². The zero-order chi connectivity index (χ0) is 13.8. The first-order valence-corrected chi connectivity index (χ1v) is 7.70. The molecule has 0 spiro atoms. The highest BCUT2D eigenvalue weighted by atomic mass is 35.5. The third-order valence-electron chi connectivity index (χ3n) is 3.02. The second-order valence-corrected chi connectivity index (χ2v) is 7.45. The van der Waals surface area contributed by atoms with Crippen molar-refractivity contribution in [1.82, 2.24) is 5.32 Å². The first kappa shape index (κ1) is 16.0. The van der Waals surface area contributed by atoms with Crippen LogP contribution in [-0.2, 0) is 0 Å². The zero-order valence-corrected chi connectivity index (χ0v) is 13.2. The lowest BCUT2D eigenvalue weighted by molar-refractivity contribution is 0.126. The van der Waals surface area contributed by atoms with Crippen molar-refractivity contribution in [1.29, 1.82) is 0 Å². The minimum atomic E-state index is -0.252. The van der Waals surface area contributed by atoms with E-state index in [1.165, 1.54) is 4.88 Å². The zero-order valence-electron chi connectivity index (χ0n) is 11.7. The minimum absolute atomic E-state index is 0.0998. The standard InChI is InChI=1S/C14H24ClNOS/c1-5-11(12-6-7-13(15)18-12)16-9-14(3,4)8-10(2)17/h6-7,10-11,16-17H,5,8-9H2,1-4H3. The van der Waals surface area contributed by atoms with Crippen molar-refractivity contribution in [3.63, 3.8) is 0 Å². The molecule has 0 amide bonds. The van der Waals surface area contributed by atoms with Gasteiger partial charge in [0.1, 0.15) is 0 Å². The van der Waals surface area contributed by atoms with Crippen LogP contribution in [0.1, 0.15) is 51.5 Å². The lowest BCUT2D eigenvalue weighted by Crippen LogP contribution is -2.34. The van der Waals surface area contributed by atoms with Crippen molar-refractivity contribution in [3.8, 4) is 0 Å². The Bertz CT molecular complexity index is 362. The molecule has 0 aliphatic rings. The van der Waals surface area contributed by atoms with Crippen molar-refractivity contribution >= 4 is 22.9 Å². The van der Waals surface area contributed by atoms with Crippen LogP contribution >= 0.6 is 22.9 Å². The van der Waals surface area contributed by atoms with Gasteiger partial charge in [0.05, 0.1) is 10.4 Å². The number of halogens is 1. The maximum atomic E-state index is 9.49. The van der Waals surface area contributed by atoms with E-state index in [4.69, 9.17) is 11.6 Å². The average molecular weight is 290 g/mol. The largest absolute Gasteiger partial charge is 0.393 e. The van der Waals surface area contributed by atoms with Crippen LogP contribution in [0.25, 0.3) is 0 Å². The monoisotopic (exact) mass is 289 g/mol. The molecule has 0 radical (unpaired) electrons. The molecular formula is C14H24ClNOS. The maximum Gasteiger partial charge on any atom is 0.0931 e. The minimum Gasteiger partial charge on any atom is -0.393 e. The van der Waals surface area contributed by atoms with E-state index < -0.39 is 0 Å². The van der Waals surface area contributed by atoms with Gasteiger partial charge >= 0.3 is 0 Å². The summed E-state index contributed by atoms with van der Waals surface area (Å²) in [5.41, 5.74) is 0.0998. The molecule has 104 valence electrons. The van der Waals surface area contributed by atoms with Gasteiger partial charge in [-0.2, -0.15) is 0 Å². The summed E-state index contributed by atoms with van der Waals surface area (Å²) in [5, 5.41) is 13.1. The first-order chi connectivity index (χ1) is 8.34. The van der Waals surface area contributed by atoms with Crippen molar-refractivity contribution in [2.24, 2.45) is 5.41 Å². The van der Waals surface area contributed by atoms with Gasteiger partial charge in [-0.15, -0.1) is 11.3 Å². The second-order valence-electron chi connectivity index (χ2n) is 5.70. The lowest BCUT2D eigenvalue weighted by Gasteiger charge is -2.29. The summed E-state index contributed by atoms with van der Waals surface area (Å²) in [6, 6.07) is 4.40. The summed E-state index contributed by atoms with van der Waals surface area (Å²) in [6.07, 6.45) is 1.60. The van der Waals surface area contributed by atoms with E-state index in [2.05, 4.69) is 32.2 Å². The summed E-state index contributed by atoms with van der Waals surface area (Å²) < 4.78 is 0.841. The molecule has 0 fully saturated rings. The van der Waals surface area contributed by atoms with Gasteiger partial charge < -0.3 is 10.4 Å². The van der Waals surface area contributed by atoms with Gasteiger partial charge in [-0.25, -0.2) is 0 Å². The summed E-state index contributed by atoms with van der Waals surface area (Å²) in [5.74, 6) is 0. The molecule has 0 saturated heterocycles. The van der Waals surface area contributed by atoms with Crippen molar-refractivity contribution < 1.29 is 5.11 Å². The SMILES string of the molecule is CCC(NCC(C)(C)CC(C)O)c1ccc(Cl)s1. The van der Waals surface area contributed by atoms with Crippen LogP contribution in [0.4, 0.5) is 0 Å². The van der Waals surface area contributed by atoms with E-state index in [1.54, 1.807) is 11.3 Å². The van der Waals surface area contributed by atoms with E-state index in [9.17, 15) is 5.11 Å². The molecule has 2 nitrogen and oxygen atoms in total. The molecule has 0 aliphatic carbocycles. The van der Waals surface area contributed by atoms with Crippen LogP contribution in [0.3, 0.4) is 0 Å². The van der Waals surface area contributed by atoms with E-state index in [0.717, 1.165) is 23.7 Å². The Morgan fingerprint density at radius 1 is 1.44 bits per heavy atom. The van der Waals surface area contributed by atoms with E-state index in [1.807, 2.05) is 13.0 Å². The van der Waals surface area contributed by atoms with Crippen LogP contribution in [0.5, 0.6) is 0 Å². The third-order valence-corrected chi connectivity index (χ3v) is 4.37. The molecule has 2 atom stereocenters. The highest BCUT2D eigenvalue weighted by molar-refractivity contribution is 7.16. The van der Waals surface area contributed by atoms with Crippen molar-refractivity contribution in [2.45, 2.75) is 52.7 Å². The number of aliphatic hydroxyl groups is 1. The molecular weight excluding hydrogens is 266 g/mol. The molecule has 0 aliphatic heterocycles. The predicted molar refractivity (Wildman–Crippen MR) is 80.4 cm³/mol. The fourth-order valence-electron chi connectivity index (χ4n) is 2.23. The first-order valence-electron chi connectivity index (χ1n) is 6.51. The Hall–Kier alpha value is -0.0900.